The number of oxazole rings is 1. The summed E-state index contributed by atoms with van der Waals surface area (Å²) in [5, 5.41) is 0. The minimum atomic E-state index is 0.188. The third-order valence-electron chi connectivity index (χ3n) is 2.14. The highest BCUT2D eigenvalue weighted by Crippen LogP contribution is 2.52. The Bertz CT molecular complexity index is 288. The van der Waals surface area contributed by atoms with Crippen molar-refractivity contribution >= 4 is 11.8 Å². The van der Waals surface area contributed by atoms with E-state index in [1.54, 1.807) is 6.26 Å². The molecule has 2 heterocycles. The molecule has 1 fully saturated rings. The van der Waals surface area contributed by atoms with E-state index in [2.05, 4.69) is 25.8 Å². The molecule has 1 atom stereocenters. The monoisotopic (exact) mass is 183 g/mol. The fourth-order valence-electron chi connectivity index (χ4n) is 1.03. The smallest absolute Gasteiger partial charge is 0.211 e. The first kappa shape index (κ1) is 8.17. The molecule has 1 aliphatic heterocycles. The van der Waals surface area contributed by atoms with Gasteiger partial charge in [0, 0.05) is 5.75 Å². The van der Waals surface area contributed by atoms with Crippen molar-refractivity contribution in [3.05, 3.63) is 17.8 Å². The molecule has 1 aromatic rings. The predicted molar refractivity (Wildman–Crippen MR) is 50.4 cm³/mol. The quantitative estimate of drug-likeness (QED) is 0.659. The molecule has 0 saturated carbocycles. The molecule has 0 aromatic carbocycles. The zero-order chi connectivity index (χ0) is 8.77. The van der Waals surface area contributed by atoms with Crippen LogP contribution in [0.2, 0.25) is 0 Å². The zero-order valence-electron chi connectivity index (χ0n) is 7.63. The lowest BCUT2D eigenvalue weighted by atomic mass is 10.1. The Hall–Kier alpha value is -0.440. The van der Waals surface area contributed by atoms with Gasteiger partial charge < -0.3 is 4.42 Å². The molecule has 66 valence electrons. The first-order valence-corrected chi connectivity index (χ1v) is 5.20. The second-order valence-electron chi connectivity index (χ2n) is 3.75. The fraction of sp³-hybridized carbons (Fsp3) is 0.667. The largest absolute Gasteiger partial charge is 0.447 e. The molecule has 0 radical (unpaired) electrons. The highest BCUT2D eigenvalue weighted by molar-refractivity contribution is 8.07. The van der Waals surface area contributed by atoms with Crippen LogP contribution in [0, 0.1) is 0 Å². The summed E-state index contributed by atoms with van der Waals surface area (Å²) in [7, 11) is 0. The van der Waals surface area contributed by atoms with E-state index in [-0.39, 0.29) is 4.75 Å². The van der Waals surface area contributed by atoms with Crippen LogP contribution in [0.1, 0.15) is 38.3 Å². The predicted octanol–water partition coefficient (Wildman–Crippen LogP) is 2.76. The fourth-order valence-corrected chi connectivity index (χ4v) is 1.58. The standard InChI is InChI=1S/C9H13NOS/c1-6(2)7-4-11-8(10-7)9(3)5-12-9/h4,6H,5H2,1-3H3. The summed E-state index contributed by atoms with van der Waals surface area (Å²) in [6.07, 6.45) is 1.78. The topological polar surface area (TPSA) is 26.0 Å². The van der Waals surface area contributed by atoms with Gasteiger partial charge in [0.05, 0.1) is 10.4 Å². The average molecular weight is 183 g/mol. The van der Waals surface area contributed by atoms with Crippen LogP contribution in [-0.2, 0) is 4.75 Å². The Morgan fingerprint density at radius 2 is 2.33 bits per heavy atom. The first-order chi connectivity index (χ1) is 5.62. The van der Waals surface area contributed by atoms with Crippen molar-refractivity contribution in [3.63, 3.8) is 0 Å². The van der Waals surface area contributed by atoms with E-state index in [1.807, 2.05) is 11.8 Å². The first-order valence-electron chi connectivity index (χ1n) is 4.22. The maximum atomic E-state index is 5.42. The van der Waals surface area contributed by atoms with Gasteiger partial charge in [-0.1, -0.05) is 13.8 Å². The Morgan fingerprint density at radius 1 is 1.67 bits per heavy atom. The SMILES string of the molecule is CC(C)c1coc(C2(C)CS2)n1. The number of thioether (sulfide) groups is 1. The van der Waals surface area contributed by atoms with Crippen molar-refractivity contribution in [2.45, 2.75) is 31.4 Å². The summed E-state index contributed by atoms with van der Waals surface area (Å²) in [5.74, 6) is 2.51. The molecule has 1 aromatic heterocycles. The Kier molecular flexibility index (Phi) is 1.72. The second-order valence-corrected chi connectivity index (χ2v) is 5.23. The van der Waals surface area contributed by atoms with Crippen LogP contribution < -0.4 is 0 Å². The lowest BCUT2D eigenvalue weighted by Gasteiger charge is -1.98. The van der Waals surface area contributed by atoms with Crippen LogP contribution in [0.25, 0.3) is 0 Å². The van der Waals surface area contributed by atoms with Crippen molar-refractivity contribution < 1.29 is 4.42 Å². The molecule has 3 heteroatoms. The van der Waals surface area contributed by atoms with Crippen molar-refractivity contribution in [2.24, 2.45) is 0 Å². The van der Waals surface area contributed by atoms with Crippen molar-refractivity contribution in [3.8, 4) is 0 Å². The number of aromatic nitrogens is 1. The van der Waals surface area contributed by atoms with Crippen LogP contribution >= 0.6 is 11.8 Å². The van der Waals surface area contributed by atoms with Crippen LogP contribution in [0.15, 0.2) is 10.7 Å². The van der Waals surface area contributed by atoms with Gasteiger partial charge in [-0.05, 0) is 12.8 Å². The normalized spacial score (nSPS) is 28.0. The molecular formula is C9H13NOS. The van der Waals surface area contributed by atoms with Gasteiger partial charge in [-0.3, -0.25) is 0 Å². The van der Waals surface area contributed by atoms with Crippen LogP contribution in [0.4, 0.5) is 0 Å². The summed E-state index contributed by atoms with van der Waals surface area (Å²) >= 11 is 1.89. The maximum Gasteiger partial charge on any atom is 0.211 e. The number of hydrogen-bond acceptors (Lipinski definition) is 3. The van der Waals surface area contributed by atoms with E-state index in [0.29, 0.717) is 5.92 Å². The summed E-state index contributed by atoms with van der Waals surface area (Å²) < 4.78 is 5.61. The molecule has 1 unspecified atom stereocenters. The van der Waals surface area contributed by atoms with E-state index in [0.717, 1.165) is 17.3 Å². The summed E-state index contributed by atoms with van der Waals surface area (Å²) in [6, 6.07) is 0. The van der Waals surface area contributed by atoms with E-state index < -0.39 is 0 Å². The third-order valence-corrected chi connectivity index (χ3v) is 3.47. The van der Waals surface area contributed by atoms with E-state index in [9.17, 15) is 0 Å². The lowest BCUT2D eigenvalue weighted by Crippen LogP contribution is -2.00. The Labute approximate surface area is 76.8 Å². The van der Waals surface area contributed by atoms with E-state index in [1.165, 1.54) is 0 Å². The number of hydrogen-bond donors (Lipinski definition) is 0. The van der Waals surface area contributed by atoms with Gasteiger partial charge in [0.1, 0.15) is 6.26 Å². The molecule has 0 amide bonds. The Morgan fingerprint density at radius 3 is 2.75 bits per heavy atom. The molecule has 1 saturated heterocycles. The molecule has 0 spiro atoms. The van der Waals surface area contributed by atoms with Crippen molar-refractivity contribution in [2.75, 3.05) is 5.75 Å². The molecule has 2 nitrogen and oxygen atoms in total. The van der Waals surface area contributed by atoms with Gasteiger partial charge in [-0.2, -0.15) is 0 Å². The van der Waals surface area contributed by atoms with Gasteiger partial charge in [0.25, 0.3) is 0 Å². The molecule has 0 aliphatic carbocycles. The minimum Gasteiger partial charge on any atom is -0.447 e. The van der Waals surface area contributed by atoms with Crippen molar-refractivity contribution in [1.29, 1.82) is 0 Å². The summed E-state index contributed by atoms with van der Waals surface area (Å²) in [6.45, 7) is 6.43. The molecule has 1 aliphatic rings. The molecule has 12 heavy (non-hydrogen) atoms. The number of nitrogens with zero attached hydrogens (tertiary/aromatic N) is 1. The van der Waals surface area contributed by atoms with E-state index in [4.69, 9.17) is 4.42 Å². The van der Waals surface area contributed by atoms with Crippen molar-refractivity contribution in [1.82, 2.24) is 4.98 Å². The van der Waals surface area contributed by atoms with Gasteiger partial charge in [-0.15, -0.1) is 11.8 Å². The molecule has 2 rings (SSSR count). The lowest BCUT2D eigenvalue weighted by molar-refractivity contribution is 0.470. The van der Waals surface area contributed by atoms with E-state index >= 15 is 0 Å². The highest BCUT2D eigenvalue weighted by atomic mass is 32.2. The number of rotatable bonds is 2. The second kappa shape index (κ2) is 2.52. The average Bonchev–Trinajstić information content (AvgIpc) is 2.61. The summed E-state index contributed by atoms with van der Waals surface area (Å²) in [4.78, 5) is 4.46. The summed E-state index contributed by atoms with van der Waals surface area (Å²) in [5.41, 5.74) is 1.07. The van der Waals surface area contributed by atoms with Gasteiger partial charge in [0.2, 0.25) is 5.89 Å². The highest BCUT2D eigenvalue weighted by Gasteiger charge is 2.45. The minimum absolute atomic E-state index is 0.188. The van der Waals surface area contributed by atoms with Crippen LogP contribution in [0.5, 0.6) is 0 Å². The molecule has 0 bridgehead atoms. The Balaban J connectivity index is 2.25. The van der Waals surface area contributed by atoms with Gasteiger partial charge >= 0.3 is 0 Å². The van der Waals surface area contributed by atoms with Gasteiger partial charge in [-0.25, -0.2) is 4.98 Å². The molecule has 0 N–H and O–H groups in total. The maximum absolute atomic E-state index is 5.42. The molecular weight excluding hydrogens is 170 g/mol. The van der Waals surface area contributed by atoms with Crippen LogP contribution in [0.3, 0.4) is 0 Å². The third kappa shape index (κ3) is 1.26. The zero-order valence-corrected chi connectivity index (χ0v) is 8.44. The van der Waals surface area contributed by atoms with Gasteiger partial charge in [0.15, 0.2) is 0 Å². The van der Waals surface area contributed by atoms with Crippen LogP contribution in [-0.4, -0.2) is 10.7 Å².